The van der Waals surface area contributed by atoms with Crippen molar-refractivity contribution in [3.63, 3.8) is 0 Å². The fourth-order valence-corrected chi connectivity index (χ4v) is 3.50. The zero-order valence-electron chi connectivity index (χ0n) is 10.1. The van der Waals surface area contributed by atoms with E-state index >= 15 is 0 Å². The van der Waals surface area contributed by atoms with E-state index in [0.717, 1.165) is 28.1 Å². The highest BCUT2D eigenvalue weighted by Crippen LogP contribution is 2.32. The van der Waals surface area contributed by atoms with Gasteiger partial charge >= 0.3 is 0 Å². The molecule has 3 nitrogen and oxygen atoms in total. The molecule has 0 bridgehead atoms. The molecule has 0 unspecified atom stereocenters. The Kier molecular flexibility index (Phi) is 2.92. The second-order valence-electron chi connectivity index (χ2n) is 4.91. The third-order valence-electron chi connectivity index (χ3n) is 3.60. The van der Waals surface area contributed by atoms with E-state index in [4.69, 9.17) is 0 Å². The fraction of sp³-hybridized carbons (Fsp3) is 0.429. The molecule has 18 heavy (non-hydrogen) atoms. The van der Waals surface area contributed by atoms with Crippen LogP contribution in [0.1, 0.15) is 30.7 Å². The van der Waals surface area contributed by atoms with Gasteiger partial charge in [-0.3, -0.25) is 4.79 Å². The number of carbonyl (C=O) groups is 1. The molecule has 1 heterocycles. The smallest absolute Gasteiger partial charge is 0.171 e. The monoisotopic (exact) mass is 261 g/mol. The Labute approximate surface area is 109 Å². The maximum absolute atomic E-state index is 12.1. The molecule has 0 radical (unpaired) electrons. The first-order valence-electron chi connectivity index (χ1n) is 6.27. The SMILES string of the molecule is O=C(Cc1nc2ccccc2s1)C1(O)CCCC1. The lowest BCUT2D eigenvalue weighted by Gasteiger charge is -2.19. The zero-order valence-corrected chi connectivity index (χ0v) is 10.9. The van der Waals surface area contributed by atoms with E-state index in [1.54, 1.807) is 11.3 Å². The maximum atomic E-state index is 12.1. The lowest BCUT2D eigenvalue weighted by molar-refractivity contribution is -0.136. The molecule has 0 aliphatic heterocycles. The predicted octanol–water partition coefficient (Wildman–Crippen LogP) is 2.71. The molecule has 1 aromatic carbocycles. The van der Waals surface area contributed by atoms with Crippen molar-refractivity contribution < 1.29 is 9.90 Å². The summed E-state index contributed by atoms with van der Waals surface area (Å²) in [6.45, 7) is 0. The molecule has 2 aromatic rings. The summed E-state index contributed by atoms with van der Waals surface area (Å²) in [6.07, 6.45) is 3.37. The number of Topliss-reactive ketones (excluding diaryl/α,β-unsaturated/α-hetero) is 1. The average molecular weight is 261 g/mol. The molecule has 1 aliphatic rings. The largest absolute Gasteiger partial charge is 0.382 e. The number of hydrogen-bond donors (Lipinski definition) is 1. The van der Waals surface area contributed by atoms with Crippen LogP contribution in [-0.4, -0.2) is 21.5 Å². The summed E-state index contributed by atoms with van der Waals surface area (Å²) in [6, 6.07) is 7.87. The molecule has 0 spiro atoms. The maximum Gasteiger partial charge on any atom is 0.171 e. The van der Waals surface area contributed by atoms with E-state index in [0.29, 0.717) is 12.8 Å². The Morgan fingerprint density at radius 3 is 2.78 bits per heavy atom. The minimum atomic E-state index is -1.09. The topological polar surface area (TPSA) is 50.2 Å². The van der Waals surface area contributed by atoms with E-state index in [1.807, 2.05) is 24.3 Å². The molecular formula is C14H15NO2S. The highest BCUT2D eigenvalue weighted by molar-refractivity contribution is 7.18. The van der Waals surface area contributed by atoms with Crippen LogP contribution >= 0.6 is 11.3 Å². The Hall–Kier alpha value is -1.26. The second kappa shape index (κ2) is 4.44. The Balaban J connectivity index is 1.81. The van der Waals surface area contributed by atoms with Gasteiger partial charge in [0.1, 0.15) is 10.6 Å². The van der Waals surface area contributed by atoms with Crippen molar-refractivity contribution in [2.75, 3.05) is 0 Å². The number of carbonyl (C=O) groups excluding carboxylic acids is 1. The first kappa shape index (κ1) is 11.8. The number of rotatable bonds is 3. The first-order valence-corrected chi connectivity index (χ1v) is 7.09. The van der Waals surface area contributed by atoms with Crippen LogP contribution in [0.15, 0.2) is 24.3 Å². The molecule has 0 atom stereocenters. The van der Waals surface area contributed by atoms with Crippen molar-refractivity contribution in [3.05, 3.63) is 29.3 Å². The first-order chi connectivity index (χ1) is 8.67. The van der Waals surface area contributed by atoms with E-state index in [-0.39, 0.29) is 12.2 Å². The number of para-hydroxylation sites is 1. The van der Waals surface area contributed by atoms with Crippen LogP contribution in [0.4, 0.5) is 0 Å². The summed E-state index contributed by atoms with van der Waals surface area (Å²) >= 11 is 1.54. The number of thiazole rings is 1. The van der Waals surface area contributed by atoms with Gasteiger partial charge < -0.3 is 5.11 Å². The van der Waals surface area contributed by atoms with Gasteiger partial charge in [-0.05, 0) is 37.8 Å². The van der Waals surface area contributed by atoms with Gasteiger partial charge in [0.2, 0.25) is 0 Å². The van der Waals surface area contributed by atoms with Crippen LogP contribution in [0, 0.1) is 0 Å². The number of ketones is 1. The fourth-order valence-electron chi connectivity index (χ4n) is 2.54. The standard InChI is InChI=1S/C14H15NO2S/c16-12(14(17)7-3-4-8-14)9-13-15-10-5-1-2-6-11(10)18-13/h1-2,5-6,17H,3-4,7-9H2. The van der Waals surface area contributed by atoms with Gasteiger partial charge in [0.25, 0.3) is 0 Å². The van der Waals surface area contributed by atoms with Crippen LogP contribution in [0.5, 0.6) is 0 Å². The molecule has 0 amide bonds. The zero-order chi connectivity index (χ0) is 12.6. The number of hydrogen-bond acceptors (Lipinski definition) is 4. The molecule has 1 aliphatic carbocycles. The molecule has 1 aromatic heterocycles. The lowest BCUT2D eigenvalue weighted by atomic mass is 9.95. The summed E-state index contributed by atoms with van der Waals surface area (Å²) in [4.78, 5) is 16.6. The summed E-state index contributed by atoms with van der Waals surface area (Å²) in [5.74, 6) is -0.0703. The molecular weight excluding hydrogens is 246 g/mol. The third kappa shape index (κ3) is 2.06. The van der Waals surface area contributed by atoms with Gasteiger partial charge in [-0.1, -0.05) is 12.1 Å². The van der Waals surface area contributed by atoms with Crippen LogP contribution in [-0.2, 0) is 11.2 Å². The summed E-state index contributed by atoms with van der Waals surface area (Å²) < 4.78 is 1.10. The Morgan fingerprint density at radius 1 is 1.33 bits per heavy atom. The van der Waals surface area contributed by atoms with Crippen molar-refractivity contribution in [1.29, 1.82) is 0 Å². The van der Waals surface area contributed by atoms with Crippen molar-refractivity contribution in [1.82, 2.24) is 4.98 Å². The molecule has 94 valence electrons. The minimum absolute atomic E-state index is 0.0703. The van der Waals surface area contributed by atoms with E-state index in [2.05, 4.69) is 4.98 Å². The van der Waals surface area contributed by atoms with Crippen LogP contribution in [0.25, 0.3) is 10.2 Å². The van der Waals surface area contributed by atoms with Gasteiger partial charge in [-0.15, -0.1) is 11.3 Å². The minimum Gasteiger partial charge on any atom is -0.382 e. The average Bonchev–Trinajstić information content (AvgIpc) is 2.95. The summed E-state index contributed by atoms with van der Waals surface area (Å²) in [5, 5.41) is 11.0. The molecule has 1 saturated carbocycles. The van der Waals surface area contributed by atoms with Gasteiger partial charge in [-0.2, -0.15) is 0 Å². The van der Waals surface area contributed by atoms with Crippen LogP contribution < -0.4 is 0 Å². The number of aromatic nitrogens is 1. The normalized spacial score (nSPS) is 18.3. The Morgan fingerprint density at radius 2 is 2.06 bits per heavy atom. The summed E-state index contributed by atoms with van der Waals surface area (Å²) in [7, 11) is 0. The van der Waals surface area contributed by atoms with Crippen molar-refractivity contribution in [2.45, 2.75) is 37.7 Å². The molecule has 1 N–H and O–H groups in total. The van der Waals surface area contributed by atoms with E-state index in [9.17, 15) is 9.90 Å². The van der Waals surface area contributed by atoms with Crippen molar-refractivity contribution in [3.8, 4) is 0 Å². The van der Waals surface area contributed by atoms with Crippen LogP contribution in [0.2, 0.25) is 0 Å². The van der Waals surface area contributed by atoms with Crippen molar-refractivity contribution >= 4 is 27.3 Å². The number of nitrogens with zero attached hydrogens (tertiary/aromatic N) is 1. The van der Waals surface area contributed by atoms with Gasteiger partial charge in [0, 0.05) is 0 Å². The quantitative estimate of drug-likeness (QED) is 0.924. The van der Waals surface area contributed by atoms with E-state index in [1.165, 1.54) is 0 Å². The third-order valence-corrected chi connectivity index (χ3v) is 4.64. The summed E-state index contributed by atoms with van der Waals surface area (Å²) in [5.41, 5.74) is -0.151. The number of fused-ring (bicyclic) bond motifs is 1. The van der Waals surface area contributed by atoms with Crippen molar-refractivity contribution in [2.24, 2.45) is 0 Å². The molecule has 4 heteroatoms. The predicted molar refractivity (Wildman–Crippen MR) is 71.7 cm³/mol. The molecule has 3 rings (SSSR count). The lowest BCUT2D eigenvalue weighted by Crippen LogP contribution is -2.36. The highest BCUT2D eigenvalue weighted by atomic mass is 32.1. The van der Waals surface area contributed by atoms with Gasteiger partial charge in [0.05, 0.1) is 16.6 Å². The van der Waals surface area contributed by atoms with Gasteiger partial charge in [-0.25, -0.2) is 4.98 Å². The number of benzene rings is 1. The van der Waals surface area contributed by atoms with Gasteiger partial charge in [0.15, 0.2) is 5.78 Å². The molecule has 1 fully saturated rings. The highest BCUT2D eigenvalue weighted by Gasteiger charge is 2.38. The van der Waals surface area contributed by atoms with Crippen LogP contribution in [0.3, 0.4) is 0 Å². The second-order valence-corrected chi connectivity index (χ2v) is 6.03. The number of aliphatic hydroxyl groups is 1. The molecule has 0 saturated heterocycles. The van der Waals surface area contributed by atoms with E-state index < -0.39 is 5.60 Å². The Bertz CT molecular complexity index is 551.